The van der Waals surface area contributed by atoms with Gasteiger partial charge < -0.3 is 9.94 Å². The van der Waals surface area contributed by atoms with Crippen LogP contribution in [0.5, 0.6) is 0 Å². The Hall–Kier alpha value is -0.990. The maximum Gasteiger partial charge on any atom is 0.222 e. The fraction of sp³-hybridized carbons (Fsp3) is 0.857. The number of oxime groups is 1. The van der Waals surface area contributed by atoms with E-state index in [0.717, 1.165) is 30.6 Å². The normalized spacial score (nSPS) is 48.1. The summed E-state index contributed by atoms with van der Waals surface area (Å²) in [4.78, 5) is 0. The number of hydrogen-bond donors (Lipinski definition) is 1. The van der Waals surface area contributed by atoms with Crippen LogP contribution in [-0.2, 0) is 4.74 Å². The molecule has 4 aliphatic rings. The summed E-state index contributed by atoms with van der Waals surface area (Å²) >= 11 is 0. The molecular weight excluding hydrogens is 298 g/mol. The fourth-order valence-electron chi connectivity index (χ4n) is 6.99. The molecule has 0 aliphatic heterocycles. The number of rotatable bonds is 1. The molecule has 4 aliphatic carbocycles. The first-order valence-electron chi connectivity index (χ1n) is 10.0. The first-order chi connectivity index (χ1) is 11.5. The molecule has 3 heteroatoms. The molecule has 0 spiro atoms. The van der Waals surface area contributed by atoms with Gasteiger partial charge in [0, 0.05) is 13.3 Å². The largest absolute Gasteiger partial charge is 0.475 e. The van der Waals surface area contributed by atoms with Gasteiger partial charge in [-0.2, -0.15) is 0 Å². The predicted octanol–water partition coefficient (Wildman–Crippen LogP) is 5.53. The molecule has 4 rings (SSSR count). The predicted molar refractivity (Wildman–Crippen MR) is 96.1 cm³/mol. The van der Waals surface area contributed by atoms with E-state index in [0.29, 0.717) is 16.7 Å². The number of ether oxygens (including phenoxy) is 1. The molecule has 0 radical (unpaired) electrons. The van der Waals surface area contributed by atoms with Crippen LogP contribution < -0.4 is 0 Å². The standard InChI is InChI=1S/C21H33NO2/c1-14(22-23)24-16-8-12-21(3)15(13-16)6-7-17-18-5-4-10-20(18,2)11-9-19(17)21/h6,16-19,23H,4-5,7-13H2,1-3H3/t16?,17-,18-,19+,20-,21-/m0/s1. The molecule has 0 aromatic carbocycles. The van der Waals surface area contributed by atoms with Crippen molar-refractivity contribution < 1.29 is 9.94 Å². The minimum absolute atomic E-state index is 0.192. The SMILES string of the molecule is CC(=NO)OC1CC[C@@]2(C)C(=CC[C@@H]3[C@H]2CC[C@]2(C)CCC[C@@H]32)C1. The van der Waals surface area contributed by atoms with Gasteiger partial charge >= 0.3 is 0 Å². The summed E-state index contributed by atoms with van der Waals surface area (Å²) in [5.41, 5.74) is 2.65. The maximum absolute atomic E-state index is 8.86. The van der Waals surface area contributed by atoms with Crippen molar-refractivity contribution in [1.29, 1.82) is 0 Å². The molecule has 0 aromatic rings. The van der Waals surface area contributed by atoms with Crippen LogP contribution in [0.25, 0.3) is 0 Å². The smallest absolute Gasteiger partial charge is 0.222 e. The van der Waals surface area contributed by atoms with Crippen LogP contribution >= 0.6 is 0 Å². The van der Waals surface area contributed by atoms with Gasteiger partial charge in [-0.05, 0) is 73.5 Å². The Morgan fingerprint density at radius 3 is 2.79 bits per heavy atom. The average Bonchev–Trinajstić information content (AvgIpc) is 2.97. The number of allylic oxidation sites excluding steroid dienone is 1. The van der Waals surface area contributed by atoms with Crippen molar-refractivity contribution in [3.8, 4) is 0 Å². The topological polar surface area (TPSA) is 41.8 Å². The van der Waals surface area contributed by atoms with Gasteiger partial charge in [-0.3, -0.25) is 0 Å². The summed E-state index contributed by atoms with van der Waals surface area (Å²) in [6, 6.07) is 0. The van der Waals surface area contributed by atoms with Crippen LogP contribution in [0.4, 0.5) is 0 Å². The van der Waals surface area contributed by atoms with E-state index < -0.39 is 0 Å². The molecule has 134 valence electrons. The minimum Gasteiger partial charge on any atom is -0.475 e. The van der Waals surface area contributed by atoms with Crippen LogP contribution in [0.3, 0.4) is 0 Å². The van der Waals surface area contributed by atoms with Gasteiger partial charge in [-0.25, -0.2) is 0 Å². The van der Waals surface area contributed by atoms with Crippen molar-refractivity contribution in [3.63, 3.8) is 0 Å². The van der Waals surface area contributed by atoms with Crippen molar-refractivity contribution in [1.82, 2.24) is 0 Å². The molecule has 3 nitrogen and oxygen atoms in total. The van der Waals surface area contributed by atoms with E-state index in [-0.39, 0.29) is 6.10 Å². The highest BCUT2D eigenvalue weighted by atomic mass is 16.5. The summed E-state index contributed by atoms with van der Waals surface area (Å²) in [7, 11) is 0. The number of fused-ring (bicyclic) bond motifs is 5. The molecule has 1 unspecified atom stereocenters. The summed E-state index contributed by atoms with van der Waals surface area (Å²) in [5.74, 6) is 3.15. The summed E-state index contributed by atoms with van der Waals surface area (Å²) < 4.78 is 5.82. The van der Waals surface area contributed by atoms with E-state index >= 15 is 0 Å². The molecule has 3 fully saturated rings. The Labute approximate surface area is 146 Å². The molecule has 0 saturated heterocycles. The Morgan fingerprint density at radius 2 is 2.00 bits per heavy atom. The average molecular weight is 332 g/mol. The quantitative estimate of drug-likeness (QED) is 0.226. The van der Waals surface area contributed by atoms with Crippen LogP contribution in [0.1, 0.15) is 78.6 Å². The van der Waals surface area contributed by atoms with Gasteiger partial charge in [0.25, 0.3) is 0 Å². The van der Waals surface area contributed by atoms with E-state index in [1.165, 1.54) is 44.9 Å². The van der Waals surface area contributed by atoms with Crippen molar-refractivity contribution in [3.05, 3.63) is 11.6 Å². The van der Waals surface area contributed by atoms with Crippen molar-refractivity contribution in [2.24, 2.45) is 33.7 Å². The lowest BCUT2D eigenvalue weighted by Gasteiger charge is -2.57. The molecule has 6 atom stereocenters. The van der Waals surface area contributed by atoms with Crippen LogP contribution in [0.2, 0.25) is 0 Å². The minimum atomic E-state index is 0.192. The van der Waals surface area contributed by atoms with Gasteiger partial charge in [0.1, 0.15) is 6.10 Å². The first-order valence-corrected chi connectivity index (χ1v) is 10.0. The summed E-state index contributed by atoms with van der Waals surface area (Å²) in [5, 5.41) is 12.1. The second kappa shape index (κ2) is 5.78. The Balaban J connectivity index is 1.56. The zero-order chi connectivity index (χ0) is 16.9. The highest BCUT2D eigenvalue weighted by Crippen LogP contribution is 2.64. The summed E-state index contributed by atoms with van der Waals surface area (Å²) in [6.07, 6.45) is 14.6. The molecule has 0 heterocycles. The van der Waals surface area contributed by atoms with E-state index in [1.807, 2.05) is 0 Å². The second-order valence-electron chi connectivity index (χ2n) is 9.45. The van der Waals surface area contributed by atoms with Crippen molar-refractivity contribution in [2.45, 2.75) is 84.7 Å². The van der Waals surface area contributed by atoms with Gasteiger partial charge in [0.05, 0.1) is 0 Å². The summed E-state index contributed by atoms with van der Waals surface area (Å²) in [6.45, 7) is 6.85. The Morgan fingerprint density at radius 1 is 1.17 bits per heavy atom. The van der Waals surface area contributed by atoms with Crippen molar-refractivity contribution in [2.75, 3.05) is 0 Å². The second-order valence-corrected chi connectivity index (χ2v) is 9.45. The Bertz CT molecular complexity index is 568. The van der Waals surface area contributed by atoms with Gasteiger partial charge in [0.15, 0.2) is 0 Å². The van der Waals surface area contributed by atoms with Gasteiger partial charge in [0.2, 0.25) is 5.90 Å². The third-order valence-electron chi connectivity index (χ3n) is 8.32. The molecule has 1 N–H and O–H groups in total. The highest BCUT2D eigenvalue weighted by Gasteiger charge is 2.55. The van der Waals surface area contributed by atoms with E-state index in [1.54, 1.807) is 12.5 Å². The number of hydrogen-bond acceptors (Lipinski definition) is 3. The first kappa shape index (κ1) is 16.5. The lowest BCUT2D eigenvalue weighted by Crippen LogP contribution is -2.49. The zero-order valence-electron chi connectivity index (χ0n) is 15.6. The van der Waals surface area contributed by atoms with Crippen LogP contribution in [0, 0.1) is 28.6 Å². The van der Waals surface area contributed by atoms with E-state index in [4.69, 9.17) is 9.94 Å². The molecule has 0 bridgehead atoms. The molecule has 0 aromatic heterocycles. The van der Waals surface area contributed by atoms with E-state index in [2.05, 4.69) is 25.1 Å². The van der Waals surface area contributed by atoms with E-state index in [9.17, 15) is 0 Å². The third kappa shape index (κ3) is 2.42. The van der Waals surface area contributed by atoms with Gasteiger partial charge in [-0.1, -0.05) is 37.1 Å². The molecule has 24 heavy (non-hydrogen) atoms. The van der Waals surface area contributed by atoms with Gasteiger partial charge in [-0.15, -0.1) is 0 Å². The van der Waals surface area contributed by atoms with Crippen LogP contribution in [0.15, 0.2) is 16.8 Å². The lowest BCUT2D eigenvalue weighted by atomic mass is 9.48. The lowest BCUT2D eigenvalue weighted by molar-refractivity contribution is -0.0351. The molecular formula is C21H33NO2. The maximum atomic E-state index is 8.86. The Kier molecular flexibility index (Phi) is 3.97. The third-order valence-corrected chi connectivity index (χ3v) is 8.32. The monoisotopic (exact) mass is 331 g/mol. The van der Waals surface area contributed by atoms with Crippen molar-refractivity contribution >= 4 is 5.90 Å². The zero-order valence-corrected chi connectivity index (χ0v) is 15.6. The molecule has 0 amide bonds. The number of nitrogens with zero attached hydrogens (tertiary/aromatic N) is 1. The highest BCUT2D eigenvalue weighted by molar-refractivity contribution is 5.72. The van der Waals surface area contributed by atoms with Crippen LogP contribution in [-0.4, -0.2) is 17.2 Å². The fourth-order valence-corrected chi connectivity index (χ4v) is 6.99. The molecule has 3 saturated carbocycles.